The van der Waals surface area contributed by atoms with Crippen LogP contribution in [0, 0.1) is 0 Å². The monoisotopic (exact) mass is 402 g/mol. The molecule has 150 valence electrons. The van der Waals surface area contributed by atoms with Crippen LogP contribution in [0.15, 0.2) is 54.7 Å². The van der Waals surface area contributed by atoms with Crippen LogP contribution < -0.4 is 5.73 Å². The lowest BCUT2D eigenvalue weighted by Crippen LogP contribution is -2.47. The first-order chi connectivity index (χ1) is 13.1. The molecule has 0 amide bonds. The Balaban J connectivity index is 0.00000280. The molecule has 3 aromatic rings. The van der Waals surface area contributed by atoms with Gasteiger partial charge in [0, 0.05) is 5.56 Å². The Bertz CT molecular complexity index is 859. The first-order valence-corrected chi connectivity index (χ1v) is 9.18. The van der Waals surface area contributed by atoms with Gasteiger partial charge in [0.15, 0.2) is 0 Å². The van der Waals surface area contributed by atoms with Crippen molar-refractivity contribution >= 4 is 12.4 Å². The number of aliphatic hydroxyl groups is 2. The van der Waals surface area contributed by atoms with Crippen LogP contribution in [-0.2, 0) is 12.8 Å². The minimum Gasteiger partial charge on any atom is -0.394 e. The SMILES string of the molecule is CCc1ccc(-n2cc(-c3ccc(CCC(N)(CO)CO)cc3)nn2)cc1.Cl. The molecule has 1 heterocycles. The van der Waals surface area contributed by atoms with E-state index in [9.17, 15) is 10.2 Å². The molecule has 0 fully saturated rings. The second-order valence-corrected chi connectivity index (χ2v) is 6.94. The van der Waals surface area contributed by atoms with Crippen LogP contribution in [0.3, 0.4) is 0 Å². The minimum absolute atomic E-state index is 0. The number of aromatic nitrogens is 3. The molecule has 0 radical (unpaired) electrons. The van der Waals surface area contributed by atoms with E-state index in [2.05, 4.69) is 29.4 Å². The molecule has 0 saturated heterocycles. The van der Waals surface area contributed by atoms with Crippen molar-refractivity contribution in [2.75, 3.05) is 13.2 Å². The van der Waals surface area contributed by atoms with Crippen LogP contribution in [0.5, 0.6) is 0 Å². The van der Waals surface area contributed by atoms with Gasteiger partial charge in [0.1, 0.15) is 5.69 Å². The van der Waals surface area contributed by atoms with E-state index in [0.717, 1.165) is 28.9 Å². The van der Waals surface area contributed by atoms with Crippen molar-refractivity contribution < 1.29 is 10.2 Å². The van der Waals surface area contributed by atoms with Crippen molar-refractivity contribution in [2.24, 2.45) is 5.73 Å². The molecular weight excluding hydrogens is 376 g/mol. The topological polar surface area (TPSA) is 97.2 Å². The maximum Gasteiger partial charge on any atom is 0.113 e. The van der Waals surface area contributed by atoms with E-state index >= 15 is 0 Å². The molecule has 3 rings (SSSR count). The molecule has 28 heavy (non-hydrogen) atoms. The fourth-order valence-electron chi connectivity index (χ4n) is 2.85. The van der Waals surface area contributed by atoms with Gasteiger partial charge in [-0.1, -0.05) is 48.5 Å². The Morgan fingerprint density at radius 3 is 2.14 bits per heavy atom. The summed E-state index contributed by atoms with van der Waals surface area (Å²) in [6, 6.07) is 16.3. The Kier molecular flexibility index (Phi) is 7.71. The van der Waals surface area contributed by atoms with Crippen LogP contribution in [0.25, 0.3) is 16.9 Å². The molecule has 1 aromatic heterocycles. The summed E-state index contributed by atoms with van der Waals surface area (Å²) in [7, 11) is 0. The van der Waals surface area contributed by atoms with Gasteiger partial charge in [0.05, 0.1) is 30.6 Å². The van der Waals surface area contributed by atoms with Gasteiger partial charge < -0.3 is 15.9 Å². The molecule has 6 nitrogen and oxygen atoms in total. The number of rotatable bonds is 8. The highest BCUT2D eigenvalue weighted by Gasteiger charge is 2.22. The molecule has 4 N–H and O–H groups in total. The van der Waals surface area contributed by atoms with E-state index in [0.29, 0.717) is 12.8 Å². The maximum atomic E-state index is 9.28. The average molecular weight is 403 g/mol. The number of hydrogen-bond donors (Lipinski definition) is 3. The number of nitrogens with two attached hydrogens (primary N) is 1. The van der Waals surface area contributed by atoms with Crippen LogP contribution in [-0.4, -0.2) is 44.0 Å². The molecule has 0 saturated carbocycles. The van der Waals surface area contributed by atoms with E-state index < -0.39 is 5.54 Å². The number of halogens is 1. The highest BCUT2D eigenvalue weighted by atomic mass is 35.5. The molecule has 7 heteroatoms. The van der Waals surface area contributed by atoms with Gasteiger partial charge in [-0.15, -0.1) is 17.5 Å². The van der Waals surface area contributed by atoms with Gasteiger partial charge in [-0.2, -0.15) is 0 Å². The predicted octanol–water partition coefficient (Wildman–Crippen LogP) is 2.53. The van der Waals surface area contributed by atoms with Crippen LogP contribution in [0.1, 0.15) is 24.5 Å². The third kappa shape index (κ3) is 5.17. The molecule has 0 aliphatic heterocycles. The Hall–Kier alpha value is -2.25. The Labute approximate surface area is 171 Å². The lowest BCUT2D eigenvalue weighted by atomic mass is 9.93. The zero-order chi connectivity index (χ0) is 19.3. The van der Waals surface area contributed by atoms with E-state index in [-0.39, 0.29) is 25.6 Å². The quantitative estimate of drug-likeness (QED) is 0.538. The van der Waals surface area contributed by atoms with Crippen molar-refractivity contribution in [1.29, 1.82) is 0 Å². The number of aryl methyl sites for hydroxylation is 2. The third-order valence-electron chi connectivity index (χ3n) is 4.89. The van der Waals surface area contributed by atoms with Crippen molar-refractivity contribution in [2.45, 2.75) is 31.7 Å². The van der Waals surface area contributed by atoms with E-state index in [1.165, 1.54) is 5.56 Å². The molecule has 0 aliphatic rings. The Morgan fingerprint density at radius 2 is 1.57 bits per heavy atom. The molecular formula is C21H27ClN4O2. The second kappa shape index (κ2) is 9.80. The van der Waals surface area contributed by atoms with Crippen LogP contribution >= 0.6 is 12.4 Å². The molecule has 0 spiro atoms. The van der Waals surface area contributed by atoms with Crippen molar-refractivity contribution in [3.8, 4) is 16.9 Å². The lowest BCUT2D eigenvalue weighted by molar-refractivity contribution is 0.115. The highest BCUT2D eigenvalue weighted by Crippen LogP contribution is 2.20. The van der Waals surface area contributed by atoms with E-state index in [1.807, 2.05) is 42.6 Å². The fraction of sp³-hybridized carbons (Fsp3) is 0.333. The van der Waals surface area contributed by atoms with Gasteiger partial charge in [-0.05, 0) is 42.5 Å². The second-order valence-electron chi connectivity index (χ2n) is 6.94. The lowest BCUT2D eigenvalue weighted by Gasteiger charge is -2.24. The largest absolute Gasteiger partial charge is 0.394 e. The van der Waals surface area contributed by atoms with Crippen molar-refractivity contribution in [3.05, 3.63) is 65.9 Å². The first-order valence-electron chi connectivity index (χ1n) is 9.18. The predicted molar refractivity (Wildman–Crippen MR) is 113 cm³/mol. The van der Waals surface area contributed by atoms with E-state index in [1.54, 1.807) is 4.68 Å². The fourth-order valence-corrected chi connectivity index (χ4v) is 2.85. The number of nitrogens with zero attached hydrogens (tertiary/aromatic N) is 3. The summed E-state index contributed by atoms with van der Waals surface area (Å²) in [6.45, 7) is 1.67. The maximum absolute atomic E-state index is 9.28. The van der Waals surface area contributed by atoms with Crippen LogP contribution in [0.2, 0.25) is 0 Å². The standard InChI is InChI=1S/C21H26N4O2.ClH/c1-2-16-5-9-19(10-6-16)25-13-20(23-24-25)18-7-3-17(4-8-18)11-12-21(22,14-26)15-27;/h3-10,13,26-27H,2,11-12,14-15,22H2,1H3;1H. The zero-order valence-electron chi connectivity index (χ0n) is 16.0. The summed E-state index contributed by atoms with van der Waals surface area (Å²) in [4.78, 5) is 0. The van der Waals surface area contributed by atoms with Crippen molar-refractivity contribution in [3.63, 3.8) is 0 Å². The van der Waals surface area contributed by atoms with Gasteiger partial charge in [0.25, 0.3) is 0 Å². The summed E-state index contributed by atoms with van der Waals surface area (Å²) >= 11 is 0. The zero-order valence-corrected chi connectivity index (χ0v) is 16.8. The molecule has 0 aliphatic carbocycles. The highest BCUT2D eigenvalue weighted by molar-refractivity contribution is 5.85. The van der Waals surface area contributed by atoms with Crippen molar-refractivity contribution in [1.82, 2.24) is 15.0 Å². The summed E-state index contributed by atoms with van der Waals surface area (Å²) in [5.41, 5.74) is 10.1. The summed E-state index contributed by atoms with van der Waals surface area (Å²) in [5.74, 6) is 0. The normalized spacial score (nSPS) is 11.3. The summed E-state index contributed by atoms with van der Waals surface area (Å²) in [6.07, 6.45) is 4.13. The number of benzene rings is 2. The van der Waals surface area contributed by atoms with Crippen LogP contribution in [0.4, 0.5) is 0 Å². The van der Waals surface area contributed by atoms with Gasteiger partial charge in [-0.3, -0.25) is 0 Å². The van der Waals surface area contributed by atoms with Gasteiger partial charge >= 0.3 is 0 Å². The average Bonchev–Trinajstić information content (AvgIpc) is 3.22. The number of aliphatic hydroxyl groups excluding tert-OH is 2. The van der Waals surface area contributed by atoms with E-state index in [4.69, 9.17) is 5.73 Å². The van der Waals surface area contributed by atoms with Gasteiger partial charge in [-0.25, -0.2) is 4.68 Å². The molecule has 2 aromatic carbocycles. The Morgan fingerprint density at radius 1 is 0.964 bits per heavy atom. The summed E-state index contributed by atoms with van der Waals surface area (Å²) in [5, 5.41) is 27.1. The molecule has 0 bridgehead atoms. The molecule has 0 atom stereocenters. The minimum atomic E-state index is -0.936. The van der Waals surface area contributed by atoms with Gasteiger partial charge in [0.2, 0.25) is 0 Å². The summed E-state index contributed by atoms with van der Waals surface area (Å²) < 4.78 is 1.77. The number of hydrogen-bond acceptors (Lipinski definition) is 5. The first kappa shape index (κ1) is 22.0. The third-order valence-corrected chi connectivity index (χ3v) is 4.89. The molecule has 0 unspecified atom stereocenters. The smallest absolute Gasteiger partial charge is 0.113 e.